The normalized spacial score (nSPS) is 22.8. The number of aliphatic hydroxyl groups is 1. The van der Waals surface area contributed by atoms with Gasteiger partial charge in [-0.3, -0.25) is 0 Å². The standard InChI is InChI=1S/C18H23FN4O2/c1-18(11-24)6-2-3-16(18)22-17(25)21-10-13-4-5-15(14(19)9-13)23-8-7-20-12-23/h4-5,7-9,12,16,24H,2-3,6,10-11H2,1H3,(H2,21,22,25). The second kappa shape index (κ2) is 7.23. The van der Waals surface area contributed by atoms with E-state index in [1.807, 2.05) is 6.92 Å². The summed E-state index contributed by atoms with van der Waals surface area (Å²) in [6.07, 6.45) is 7.53. The molecule has 2 atom stereocenters. The van der Waals surface area contributed by atoms with Gasteiger partial charge >= 0.3 is 6.03 Å². The average molecular weight is 346 g/mol. The molecule has 25 heavy (non-hydrogen) atoms. The van der Waals surface area contributed by atoms with Crippen molar-refractivity contribution in [2.24, 2.45) is 5.41 Å². The van der Waals surface area contributed by atoms with Crippen LogP contribution in [0.15, 0.2) is 36.9 Å². The van der Waals surface area contributed by atoms with Crippen LogP contribution in [0.3, 0.4) is 0 Å². The van der Waals surface area contributed by atoms with Gasteiger partial charge in [-0.1, -0.05) is 19.4 Å². The third-order valence-electron chi connectivity index (χ3n) is 5.00. The fourth-order valence-corrected chi connectivity index (χ4v) is 3.33. The molecule has 1 aliphatic rings. The monoisotopic (exact) mass is 346 g/mol. The summed E-state index contributed by atoms with van der Waals surface area (Å²) in [6, 6.07) is 4.49. The number of nitrogens with zero attached hydrogens (tertiary/aromatic N) is 2. The number of imidazole rings is 1. The molecule has 134 valence electrons. The Balaban J connectivity index is 1.56. The zero-order valence-corrected chi connectivity index (χ0v) is 14.2. The van der Waals surface area contributed by atoms with Gasteiger partial charge in [0.25, 0.3) is 0 Å². The Hall–Kier alpha value is -2.41. The minimum atomic E-state index is -0.374. The van der Waals surface area contributed by atoms with Crippen LogP contribution < -0.4 is 10.6 Å². The summed E-state index contributed by atoms with van der Waals surface area (Å²) in [5.74, 6) is -0.374. The van der Waals surface area contributed by atoms with E-state index in [4.69, 9.17) is 0 Å². The number of urea groups is 1. The highest BCUT2D eigenvalue weighted by molar-refractivity contribution is 5.74. The highest BCUT2D eigenvalue weighted by Gasteiger charge is 2.39. The van der Waals surface area contributed by atoms with Crippen molar-refractivity contribution in [1.82, 2.24) is 20.2 Å². The lowest BCUT2D eigenvalue weighted by molar-refractivity contribution is 0.121. The number of aromatic nitrogens is 2. The number of aliphatic hydroxyl groups excluding tert-OH is 1. The Labute approximate surface area is 146 Å². The van der Waals surface area contributed by atoms with Gasteiger partial charge in [0.1, 0.15) is 5.82 Å². The largest absolute Gasteiger partial charge is 0.396 e. The maximum atomic E-state index is 14.2. The van der Waals surface area contributed by atoms with Crippen molar-refractivity contribution in [3.8, 4) is 5.69 Å². The first-order chi connectivity index (χ1) is 12.0. The molecule has 1 saturated carbocycles. The van der Waals surface area contributed by atoms with Crippen LogP contribution in [-0.2, 0) is 6.54 Å². The van der Waals surface area contributed by atoms with Gasteiger partial charge in [-0.05, 0) is 30.5 Å². The molecule has 1 aromatic carbocycles. The average Bonchev–Trinajstić information content (AvgIpc) is 3.24. The maximum absolute atomic E-state index is 14.2. The number of nitrogens with one attached hydrogen (secondary N) is 2. The van der Waals surface area contributed by atoms with Gasteiger partial charge in [0.05, 0.1) is 18.6 Å². The molecule has 3 rings (SSSR count). The third kappa shape index (κ3) is 3.82. The van der Waals surface area contributed by atoms with Crippen LogP contribution in [-0.4, -0.2) is 33.3 Å². The van der Waals surface area contributed by atoms with Crippen molar-refractivity contribution < 1.29 is 14.3 Å². The fraction of sp³-hybridized carbons (Fsp3) is 0.444. The number of rotatable bonds is 5. The quantitative estimate of drug-likeness (QED) is 0.778. The molecule has 1 heterocycles. The molecule has 7 heteroatoms. The summed E-state index contributed by atoms with van der Waals surface area (Å²) in [5, 5.41) is 15.2. The lowest BCUT2D eigenvalue weighted by Gasteiger charge is -2.30. The van der Waals surface area contributed by atoms with Crippen molar-refractivity contribution in [2.45, 2.75) is 38.8 Å². The van der Waals surface area contributed by atoms with Crippen LogP contribution in [0, 0.1) is 11.2 Å². The Morgan fingerprint density at radius 2 is 2.36 bits per heavy atom. The van der Waals surface area contributed by atoms with E-state index in [0.717, 1.165) is 19.3 Å². The first kappa shape index (κ1) is 17.4. The Bertz CT molecular complexity index is 735. The number of hydrogen-bond donors (Lipinski definition) is 3. The third-order valence-corrected chi connectivity index (χ3v) is 5.00. The van der Waals surface area contributed by atoms with Crippen molar-refractivity contribution in [3.63, 3.8) is 0 Å². The van der Waals surface area contributed by atoms with Crippen LogP contribution in [0.4, 0.5) is 9.18 Å². The van der Waals surface area contributed by atoms with Crippen LogP contribution in [0.1, 0.15) is 31.7 Å². The topological polar surface area (TPSA) is 79.2 Å². The smallest absolute Gasteiger partial charge is 0.315 e. The zero-order chi connectivity index (χ0) is 17.9. The number of halogens is 1. The summed E-state index contributed by atoms with van der Waals surface area (Å²) in [5.41, 5.74) is 0.818. The van der Waals surface area contributed by atoms with Crippen molar-refractivity contribution in [2.75, 3.05) is 6.61 Å². The predicted molar refractivity (Wildman–Crippen MR) is 91.7 cm³/mol. The number of hydrogen-bond acceptors (Lipinski definition) is 3. The molecule has 0 saturated heterocycles. The predicted octanol–water partition coefficient (Wildman–Crippen LogP) is 2.36. The summed E-state index contributed by atoms with van der Waals surface area (Å²) in [7, 11) is 0. The van der Waals surface area contributed by atoms with E-state index in [0.29, 0.717) is 11.3 Å². The first-order valence-electron chi connectivity index (χ1n) is 8.44. The molecule has 0 spiro atoms. The van der Waals surface area contributed by atoms with Crippen LogP contribution >= 0.6 is 0 Å². The van der Waals surface area contributed by atoms with Crippen molar-refractivity contribution >= 4 is 6.03 Å². The highest BCUT2D eigenvalue weighted by atomic mass is 19.1. The Morgan fingerprint density at radius 1 is 1.52 bits per heavy atom. The summed E-state index contributed by atoms with van der Waals surface area (Å²) in [4.78, 5) is 16.0. The lowest BCUT2D eigenvalue weighted by atomic mass is 9.86. The van der Waals surface area contributed by atoms with Gasteiger partial charge in [-0.2, -0.15) is 0 Å². The Morgan fingerprint density at radius 3 is 3.04 bits per heavy atom. The van der Waals surface area contributed by atoms with Crippen LogP contribution in [0.5, 0.6) is 0 Å². The molecule has 1 aromatic heterocycles. The molecule has 3 N–H and O–H groups in total. The molecule has 1 fully saturated rings. The highest BCUT2D eigenvalue weighted by Crippen LogP contribution is 2.37. The molecule has 0 bridgehead atoms. The van der Waals surface area contributed by atoms with E-state index in [1.54, 1.807) is 29.1 Å². The second-order valence-corrected chi connectivity index (χ2v) is 6.84. The number of carbonyl (C=O) groups is 1. The van der Waals surface area contributed by atoms with Crippen molar-refractivity contribution in [1.29, 1.82) is 0 Å². The first-order valence-corrected chi connectivity index (χ1v) is 8.44. The fourth-order valence-electron chi connectivity index (χ4n) is 3.33. The van der Waals surface area contributed by atoms with E-state index in [-0.39, 0.29) is 36.5 Å². The maximum Gasteiger partial charge on any atom is 0.315 e. The van der Waals surface area contributed by atoms with Crippen molar-refractivity contribution in [3.05, 3.63) is 48.3 Å². The second-order valence-electron chi connectivity index (χ2n) is 6.84. The van der Waals surface area contributed by atoms with E-state index in [1.165, 1.54) is 12.4 Å². The van der Waals surface area contributed by atoms with Crippen LogP contribution in [0.2, 0.25) is 0 Å². The van der Waals surface area contributed by atoms with Gasteiger partial charge in [0.2, 0.25) is 0 Å². The molecule has 2 aromatic rings. The number of carbonyl (C=O) groups excluding carboxylic acids is 1. The molecule has 2 unspecified atom stereocenters. The molecule has 0 aliphatic heterocycles. The van der Waals surface area contributed by atoms with E-state index < -0.39 is 0 Å². The number of benzene rings is 1. The van der Waals surface area contributed by atoms with Gasteiger partial charge in [-0.25, -0.2) is 14.2 Å². The minimum Gasteiger partial charge on any atom is -0.396 e. The van der Waals surface area contributed by atoms with Gasteiger partial charge in [-0.15, -0.1) is 0 Å². The molecular formula is C18H23FN4O2. The summed E-state index contributed by atoms with van der Waals surface area (Å²) < 4.78 is 15.8. The molecule has 0 radical (unpaired) electrons. The number of amides is 2. The van der Waals surface area contributed by atoms with E-state index in [9.17, 15) is 14.3 Å². The SMILES string of the molecule is CC1(CO)CCCC1NC(=O)NCc1ccc(-n2ccnc2)c(F)c1. The van der Waals surface area contributed by atoms with Crippen LogP contribution in [0.25, 0.3) is 5.69 Å². The minimum absolute atomic E-state index is 0.0437. The Kier molecular flexibility index (Phi) is 5.03. The molecular weight excluding hydrogens is 323 g/mol. The lowest BCUT2D eigenvalue weighted by Crippen LogP contribution is -2.48. The molecule has 2 amide bonds. The summed E-state index contributed by atoms with van der Waals surface area (Å²) >= 11 is 0. The molecule has 6 nitrogen and oxygen atoms in total. The van der Waals surface area contributed by atoms with Gasteiger partial charge in [0, 0.05) is 30.4 Å². The molecule has 1 aliphatic carbocycles. The van der Waals surface area contributed by atoms with Gasteiger partial charge in [0.15, 0.2) is 0 Å². The van der Waals surface area contributed by atoms with E-state index in [2.05, 4.69) is 15.6 Å². The van der Waals surface area contributed by atoms with Gasteiger partial charge < -0.3 is 20.3 Å². The summed E-state index contributed by atoms with van der Waals surface area (Å²) in [6.45, 7) is 2.27. The van der Waals surface area contributed by atoms with E-state index >= 15 is 0 Å². The zero-order valence-electron chi connectivity index (χ0n) is 14.2.